The Morgan fingerprint density at radius 1 is 1.04 bits per heavy atom. The first-order valence-corrected chi connectivity index (χ1v) is 9.09. The van der Waals surface area contributed by atoms with Crippen LogP contribution in [0, 0.1) is 11.7 Å². The zero-order valence-corrected chi connectivity index (χ0v) is 14.7. The van der Waals surface area contributed by atoms with Crippen LogP contribution in [-0.4, -0.2) is 7.11 Å². The third kappa shape index (κ3) is 3.70. The molecule has 1 nitrogen and oxygen atoms in total. The number of methoxy groups -OCH3 is 1. The van der Waals surface area contributed by atoms with Crippen LogP contribution in [0.2, 0.25) is 0 Å². The first kappa shape index (κ1) is 17.2. The Labute approximate surface area is 144 Å². The average Bonchev–Trinajstić information content (AvgIpc) is 2.64. The predicted molar refractivity (Wildman–Crippen MR) is 97.5 cm³/mol. The number of halogens is 1. The Balaban J connectivity index is 1.88. The molecule has 0 bridgehead atoms. The molecule has 0 spiro atoms. The van der Waals surface area contributed by atoms with Gasteiger partial charge in [-0.15, -0.1) is 0 Å². The zero-order chi connectivity index (χ0) is 16.9. The van der Waals surface area contributed by atoms with Crippen LogP contribution in [0.3, 0.4) is 0 Å². The van der Waals surface area contributed by atoms with Gasteiger partial charge >= 0.3 is 0 Å². The molecule has 1 saturated carbocycles. The van der Waals surface area contributed by atoms with E-state index < -0.39 is 0 Å². The van der Waals surface area contributed by atoms with Gasteiger partial charge in [-0.1, -0.05) is 49.7 Å². The van der Waals surface area contributed by atoms with Crippen molar-refractivity contribution >= 4 is 0 Å². The lowest BCUT2D eigenvalue weighted by Crippen LogP contribution is -2.13. The molecular formula is C22H27FO. The van der Waals surface area contributed by atoms with E-state index in [1.165, 1.54) is 43.2 Å². The lowest BCUT2D eigenvalue weighted by Gasteiger charge is -2.29. The normalized spacial score (nSPS) is 21.0. The molecule has 3 rings (SSSR count). The lowest BCUT2D eigenvalue weighted by atomic mass is 9.76. The van der Waals surface area contributed by atoms with Crippen LogP contribution in [-0.2, 0) is 11.3 Å². The van der Waals surface area contributed by atoms with Gasteiger partial charge in [0.1, 0.15) is 5.82 Å². The minimum absolute atomic E-state index is 0.182. The molecule has 0 aliphatic heterocycles. The quantitative estimate of drug-likeness (QED) is 0.624. The second-order valence-electron chi connectivity index (χ2n) is 6.95. The number of hydrogen-bond donors (Lipinski definition) is 0. The topological polar surface area (TPSA) is 9.23 Å². The molecule has 0 N–H and O–H groups in total. The lowest BCUT2D eigenvalue weighted by molar-refractivity contribution is 0.181. The summed E-state index contributed by atoms with van der Waals surface area (Å²) in [6.07, 6.45) is 6.42. The van der Waals surface area contributed by atoms with Gasteiger partial charge in [0, 0.05) is 12.7 Å². The Hall–Kier alpha value is -1.67. The fourth-order valence-electron chi connectivity index (χ4n) is 3.99. The second kappa shape index (κ2) is 7.94. The number of hydrogen-bond acceptors (Lipinski definition) is 1. The summed E-state index contributed by atoms with van der Waals surface area (Å²) in [7, 11) is 1.59. The van der Waals surface area contributed by atoms with Crippen molar-refractivity contribution in [3.05, 3.63) is 59.4 Å². The maximum Gasteiger partial charge on any atom is 0.129 e. The van der Waals surface area contributed by atoms with E-state index in [1.54, 1.807) is 13.2 Å². The minimum atomic E-state index is -0.182. The average molecular weight is 326 g/mol. The predicted octanol–water partition coefficient (Wildman–Crippen LogP) is 6.32. The van der Waals surface area contributed by atoms with E-state index in [4.69, 9.17) is 4.74 Å². The summed E-state index contributed by atoms with van der Waals surface area (Å²) in [5, 5.41) is 0. The van der Waals surface area contributed by atoms with Gasteiger partial charge in [-0.05, 0) is 60.3 Å². The summed E-state index contributed by atoms with van der Waals surface area (Å²) >= 11 is 0. The molecule has 2 aromatic rings. The van der Waals surface area contributed by atoms with Gasteiger partial charge in [-0.2, -0.15) is 0 Å². The summed E-state index contributed by atoms with van der Waals surface area (Å²) in [6, 6.07) is 14.1. The van der Waals surface area contributed by atoms with Crippen molar-refractivity contribution in [2.45, 2.75) is 51.6 Å². The third-order valence-corrected chi connectivity index (χ3v) is 5.49. The molecule has 0 radical (unpaired) electrons. The molecule has 128 valence electrons. The van der Waals surface area contributed by atoms with Crippen molar-refractivity contribution in [3.8, 4) is 11.1 Å². The van der Waals surface area contributed by atoms with Crippen LogP contribution in [0.5, 0.6) is 0 Å². The van der Waals surface area contributed by atoms with Crippen LogP contribution >= 0.6 is 0 Å². The first-order chi connectivity index (χ1) is 11.7. The third-order valence-electron chi connectivity index (χ3n) is 5.49. The largest absolute Gasteiger partial charge is 0.380 e. The van der Waals surface area contributed by atoms with E-state index >= 15 is 0 Å². The molecular weight excluding hydrogens is 299 g/mol. The molecule has 2 aromatic carbocycles. The summed E-state index contributed by atoms with van der Waals surface area (Å²) in [5.41, 5.74) is 4.15. The molecule has 0 saturated heterocycles. The van der Waals surface area contributed by atoms with Crippen molar-refractivity contribution in [1.29, 1.82) is 0 Å². The molecule has 0 amide bonds. The van der Waals surface area contributed by atoms with Crippen LogP contribution in [0.1, 0.15) is 56.1 Å². The summed E-state index contributed by atoms with van der Waals surface area (Å²) < 4.78 is 19.4. The zero-order valence-electron chi connectivity index (χ0n) is 14.7. The van der Waals surface area contributed by atoms with E-state index in [9.17, 15) is 4.39 Å². The summed E-state index contributed by atoms with van der Waals surface area (Å²) in [4.78, 5) is 0. The van der Waals surface area contributed by atoms with Gasteiger partial charge in [0.15, 0.2) is 0 Å². The Morgan fingerprint density at radius 2 is 1.79 bits per heavy atom. The summed E-state index contributed by atoms with van der Waals surface area (Å²) in [6.45, 7) is 2.61. The molecule has 2 heteroatoms. The Kier molecular flexibility index (Phi) is 5.68. The second-order valence-corrected chi connectivity index (χ2v) is 6.95. The molecule has 1 aliphatic carbocycles. The summed E-state index contributed by atoms with van der Waals surface area (Å²) in [5.74, 6) is 1.31. The van der Waals surface area contributed by atoms with Crippen molar-refractivity contribution in [3.63, 3.8) is 0 Å². The minimum Gasteiger partial charge on any atom is -0.380 e. The molecule has 1 fully saturated rings. The van der Waals surface area contributed by atoms with Gasteiger partial charge in [-0.25, -0.2) is 4.39 Å². The monoisotopic (exact) mass is 326 g/mol. The first-order valence-electron chi connectivity index (χ1n) is 9.09. The van der Waals surface area contributed by atoms with Gasteiger partial charge < -0.3 is 4.74 Å². The van der Waals surface area contributed by atoms with Crippen LogP contribution in [0.25, 0.3) is 11.1 Å². The SMILES string of the molecule is CC[C@H]1CC[C@H](c2ccccc2-c2ccc(COC)c(F)c2)CC1. The van der Waals surface area contributed by atoms with Gasteiger partial charge in [0.05, 0.1) is 6.61 Å². The highest BCUT2D eigenvalue weighted by atomic mass is 19.1. The maximum atomic E-state index is 14.3. The fourth-order valence-corrected chi connectivity index (χ4v) is 3.99. The number of rotatable bonds is 5. The number of ether oxygens (including phenoxy) is 1. The van der Waals surface area contributed by atoms with Crippen molar-refractivity contribution in [2.24, 2.45) is 5.92 Å². The van der Waals surface area contributed by atoms with Crippen LogP contribution < -0.4 is 0 Å². The van der Waals surface area contributed by atoms with Gasteiger partial charge in [-0.3, -0.25) is 0 Å². The van der Waals surface area contributed by atoms with Crippen molar-refractivity contribution < 1.29 is 9.13 Å². The van der Waals surface area contributed by atoms with Gasteiger partial charge in [0.2, 0.25) is 0 Å². The van der Waals surface area contributed by atoms with Gasteiger partial charge in [0.25, 0.3) is 0 Å². The van der Waals surface area contributed by atoms with E-state index in [-0.39, 0.29) is 5.82 Å². The molecule has 0 atom stereocenters. The highest BCUT2D eigenvalue weighted by Gasteiger charge is 2.23. The molecule has 0 heterocycles. The van der Waals surface area contributed by atoms with E-state index in [0.717, 1.165) is 11.5 Å². The molecule has 1 aliphatic rings. The highest BCUT2D eigenvalue weighted by Crippen LogP contribution is 2.40. The van der Waals surface area contributed by atoms with E-state index in [2.05, 4.69) is 31.2 Å². The van der Waals surface area contributed by atoms with E-state index in [0.29, 0.717) is 18.1 Å². The maximum absolute atomic E-state index is 14.3. The van der Waals surface area contributed by atoms with Crippen molar-refractivity contribution in [2.75, 3.05) is 7.11 Å². The standard InChI is InChI=1S/C22H27FO/c1-3-16-8-10-17(11-9-16)20-6-4-5-7-21(20)18-12-13-19(15-24-2)22(23)14-18/h4-7,12-14,16-17H,3,8-11,15H2,1-2H3/t16-,17-. The smallest absolute Gasteiger partial charge is 0.129 e. The molecule has 0 unspecified atom stereocenters. The Morgan fingerprint density at radius 3 is 2.46 bits per heavy atom. The molecule has 0 aromatic heterocycles. The molecule has 24 heavy (non-hydrogen) atoms. The van der Waals surface area contributed by atoms with Crippen LogP contribution in [0.4, 0.5) is 4.39 Å². The highest BCUT2D eigenvalue weighted by molar-refractivity contribution is 5.68. The van der Waals surface area contributed by atoms with Crippen molar-refractivity contribution in [1.82, 2.24) is 0 Å². The Bertz CT molecular complexity index is 671. The van der Waals surface area contributed by atoms with Crippen LogP contribution in [0.15, 0.2) is 42.5 Å². The van der Waals surface area contributed by atoms with E-state index in [1.807, 2.05) is 12.1 Å². The fraction of sp³-hybridized carbons (Fsp3) is 0.455. The number of benzene rings is 2.